The third-order valence-electron chi connectivity index (χ3n) is 5.56. The zero-order valence-electron chi connectivity index (χ0n) is 17.8. The molecule has 2 N–H and O–H groups in total. The second-order valence-electron chi connectivity index (χ2n) is 8.20. The molecule has 2 fully saturated rings. The van der Waals surface area contributed by atoms with Gasteiger partial charge >= 0.3 is 0 Å². The van der Waals surface area contributed by atoms with E-state index >= 15 is 0 Å². The molecule has 2 heterocycles. The van der Waals surface area contributed by atoms with Gasteiger partial charge in [0, 0.05) is 26.2 Å². The highest BCUT2D eigenvalue weighted by atomic mass is 16.5. The maximum Gasteiger partial charge on any atom is 0.247 e. The lowest BCUT2D eigenvalue weighted by molar-refractivity contribution is -0.129. The predicted octanol–water partition coefficient (Wildman–Crippen LogP) is 1.80. The fourth-order valence-corrected chi connectivity index (χ4v) is 4.19. The molecule has 3 atom stereocenters. The van der Waals surface area contributed by atoms with Gasteiger partial charge in [-0.25, -0.2) is 10.4 Å². The first kappa shape index (κ1) is 21.7. The number of rotatable bonds is 9. The lowest BCUT2D eigenvalue weighted by Gasteiger charge is -2.38. The van der Waals surface area contributed by atoms with E-state index in [1.54, 1.807) is 5.01 Å². The van der Waals surface area contributed by atoms with E-state index in [4.69, 9.17) is 4.74 Å². The Morgan fingerprint density at radius 3 is 2.72 bits per heavy atom. The highest BCUT2D eigenvalue weighted by Gasteiger charge is 2.50. The molecule has 7 nitrogen and oxygen atoms in total. The van der Waals surface area contributed by atoms with Crippen LogP contribution in [0.2, 0.25) is 0 Å². The van der Waals surface area contributed by atoms with Gasteiger partial charge < -0.3 is 15.0 Å². The lowest BCUT2D eigenvalue weighted by Crippen LogP contribution is -2.57. The molecule has 3 unspecified atom stereocenters. The molecule has 2 aliphatic heterocycles. The molecule has 2 aliphatic rings. The van der Waals surface area contributed by atoms with Gasteiger partial charge in [0.1, 0.15) is 0 Å². The number of fused-ring (bicyclic) bond motifs is 1. The van der Waals surface area contributed by atoms with Crippen LogP contribution in [-0.2, 0) is 14.3 Å². The molecule has 3 rings (SSSR count). The van der Waals surface area contributed by atoms with E-state index < -0.39 is 0 Å². The normalized spacial score (nSPS) is 24.8. The molecule has 1 aromatic rings. The molecule has 160 valence electrons. The monoisotopic (exact) mass is 402 g/mol. The van der Waals surface area contributed by atoms with Crippen LogP contribution in [-0.4, -0.2) is 61.6 Å². The second-order valence-corrected chi connectivity index (χ2v) is 8.20. The average molecular weight is 403 g/mol. The molecule has 0 bridgehead atoms. The Bertz CT molecular complexity index is 682. The van der Waals surface area contributed by atoms with Crippen LogP contribution in [0.5, 0.6) is 0 Å². The molecule has 0 aliphatic carbocycles. The van der Waals surface area contributed by atoms with Crippen LogP contribution in [0.3, 0.4) is 0 Å². The number of nitrogens with zero attached hydrogens (tertiary/aromatic N) is 2. The van der Waals surface area contributed by atoms with E-state index in [-0.39, 0.29) is 35.8 Å². The summed E-state index contributed by atoms with van der Waals surface area (Å²) in [5.74, 6) is -0.412. The molecule has 2 saturated heterocycles. The zero-order valence-corrected chi connectivity index (χ0v) is 17.8. The number of para-hydroxylation sites is 1. The quantitative estimate of drug-likeness (QED) is 0.616. The number of carbonyl (C=O) groups is 2. The first-order valence-electron chi connectivity index (χ1n) is 10.8. The van der Waals surface area contributed by atoms with Crippen LogP contribution >= 0.6 is 0 Å². The molecule has 0 aromatic heterocycles. The van der Waals surface area contributed by atoms with Crippen LogP contribution in [0.25, 0.3) is 0 Å². The van der Waals surface area contributed by atoms with Crippen LogP contribution in [0.4, 0.5) is 5.69 Å². The van der Waals surface area contributed by atoms with Crippen molar-refractivity contribution < 1.29 is 14.3 Å². The van der Waals surface area contributed by atoms with Gasteiger partial charge in [-0.2, -0.15) is 0 Å². The van der Waals surface area contributed by atoms with E-state index in [9.17, 15) is 9.59 Å². The van der Waals surface area contributed by atoms with Gasteiger partial charge in [0.05, 0.1) is 29.7 Å². The van der Waals surface area contributed by atoms with Crippen molar-refractivity contribution in [2.24, 2.45) is 11.8 Å². The summed E-state index contributed by atoms with van der Waals surface area (Å²) < 4.78 is 5.54. The number of hydrazine groups is 1. The number of hydrogen-bond donors (Lipinski definition) is 2. The Morgan fingerprint density at radius 2 is 2.03 bits per heavy atom. The van der Waals surface area contributed by atoms with Gasteiger partial charge in [0.25, 0.3) is 0 Å². The summed E-state index contributed by atoms with van der Waals surface area (Å²) in [6.45, 7) is 9.62. The number of likely N-dealkylation sites (tertiary alicyclic amines) is 1. The number of amides is 2. The number of nitrogens with one attached hydrogen (secondary N) is 2. The fourth-order valence-electron chi connectivity index (χ4n) is 4.19. The number of anilines is 1. The van der Waals surface area contributed by atoms with Gasteiger partial charge in [-0.3, -0.25) is 9.59 Å². The maximum absolute atomic E-state index is 13.1. The van der Waals surface area contributed by atoms with Crippen molar-refractivity contribution in [3.8, 4) is 0 Å². The standard InChI is InChI=1S/C22H34N4O3/c1-4-12-25-14-18(21(27)23-11-8-13-29-16(2)3)20-19(15-25)22(28)26(24-20)17-9-6-5-7-10-17/h5-7,9-10,16,18-20,24H,4,8,11-15H2,1-3H3,(H,23,27). The lowest BCUT2D eigenvalue weighted by atomic mass is 9.84. The van der Waals surface area contributed by atoms with Crippen LogP contribution < -0.4 is 15.8 Å². The molecule has 0 radical (unpaired) electrons. The summed E-state index contributed by atoms with van der Waals surface area (Å²) in [6, 6.07) is 9.41. The predicted molar refractivity (Wildman–Crippen MR) is 113 cm³/mol. The molecular weight excluding hydrogens is 368 g/mol. The number of hydrogen-bond acceptors (Lipinski definition) is 5. The number of benzene rings is 1. The highest BCUT2D eigenvalue weighted by molar-refractivity contribution is 5.98. The number of carbonyl (C=O) groups excluding carboxylic acids is 2. The molecule has 0 spiro atoms. The minimum Gasteiger partial charge on any atom is -0.379 e. The van der Waals surface area contributed by atoms with Gasteiger partial charge in [0.2, 0.25) is 11.8 Å². The van der Waals surface area contributed by atoms with Crippen molar-refractivity contribution in [2.75, 3.05) is 37.8 Å². The van der Waals surface area contributed by atoms with Crippen LogP contribution in [0.1, 0.15) is 33.6 Å². The summed E-state index contributed by atoms with van der Waals surface area (Å²) in [7, 11) is 0. The molecule has 7 heteroatoms. The third kappa shape index (κ3) is 5.35. The summed E-state index contributed by atoms with van der Waals surface area (Å²) in [5, 5.41) is 4.68. The van der Waals surface area contributed by atoms with Crippen LogP contribution in [0, 0.1) is 11.8 Å². The zero-order chi connectivity index (χ0) is 20.8. The largest absolute Gasteiger partial charge is 0.379 e. The SMILES string of the molecule is CCCN1CC(C(=O)NCCCOC(C)C)C2NN(c3ccccc3)C(=O)C2C1. The van der Waals surface area contributed by atoms with Gasteiger partial charge in [-0.05, 0) is 45.4 Å². The summed E-state index contributed by atoms with van der Waals surface area (Å²) in [4.78, 5) is 28.4. The molecule has 0 saturated carbocycles. The molecule has 2 amide bonds. The van der Waals surface area contributed by atoms with Crippen molar-refractivity contribution in [3.63, 3.8) is 0 Å². The Balaban J connectivity index is 1.67. The minimum absolute atomic E-state index is 0.0144. The number of piperidine rings is 1. The van der Waals surface area contributed by atoms with E-state index in [1.165, 1.54) is 0 Å². The van der Waals surface area contributed by atoms with Gasteiger partial charge in [0.15, 0.2) is 0 Å². The van der Waals surface area contributed by atoms with Crippen molar-refractivity contribution in [3.05, 3.63) is 30.3 Å². The number of ether oxygens (including phenoxy) is 1. The first-order chi connectivity index (χ1) is 14.0. The van der Waals surface area contributed by atoms with Crippen LogP contribution in [0.15, 0.2) is 30.3 Å². The molecule has 1 aromatic carbocycles. The summed E-state index contributed by atoms with van der Waals surface area (Å²) >= 11 is 0. The Morgan fingerprint density at radius 1 is 1.28 bits per heavy atom. The smallest absolute Gasteiger partial charge is 0.247 e. The Labute approximate surface area is 173 Å². The second kappa shape index (κ2) is 10.2. The fraction of sp³-hybridized carbons (Fsp3) is 0.636. The van der Waals surface area contributed by atoms with Gasteiger partial charge in [-0.1, -0.05) is 25.1 Å². The van der Waals surface area contributed by atoms with Crippen molar-refractivity contribution in [1.82, 2.24) is 15.6 Å². The summed E-state index contributed by atoms with van der Waals surface area (Å²) in [5.41, 5.74) is 4.16. The Hall–Kier alpha value is -1.96. The van der Waals surface area contributed by atoms with Crippen molar-refractivity contribution in [1.29, 1.82) is 0 Å². The van der Waals surface area contributed by atoms with E-state index in [1.807, 2.05) is 44.2 Å². The first-order valence-corrected chi connectivity index (χ1v) is 10.8. The Kier molecular flexibility index (Phi) is 7.64. The van der Waals surface area contributed by atoms with E-state index in [0.717, 1.165) is 25.1 Å². The molecular formula is C22H34N4O3. The minimum atomic E-state index is -0.260. The van der Waals surface area contributed by atoms with Gasteiger partial charge in [-0.15, -0.1) is 0 Å². The highest BCUT2D eigenvalue weighted by Crippen LogP contribution is 2.31. The summed E-state index contributed by atoms with van der Waals surface area (Å²) in [6.07, 6.45) is 1.99. The average Bonchev–Trinajstić information content (AvgIpc) is 3.04. The third-order valence-corrected chi connectivity index (χ3v) is 5.56. The maximum atomic E-state index is 13.1. The van der Waals surface area contributed by atoms with E-state index in [2.05, 4.69) is 22.6 Å². The van der Waals surface area contributed by atoms with E-state index in [0.29, 0.717) is 26.2 Å². The van der Waals surface area contributed by atoms with Crippen molar-refractivity contribution in [2.45, 2.75) is 45.8 Å². The molecule has 29 heavy (non-hydrogen) atoms. The van der Waals surface area contributed by atoms with Crippen molar-refractivity contribution >= 4 is 17.5 Å². The topological polar surface area (TPSA) is 73.9 Å².